The second kappa shape index (κ2) is 4.38. The zero-order valence-corrected chi connectivity index (χ0v) is 10.8. The van der Waals surface area contributed by atoms with Crippen LogP contribution in [0.5, 0.6) is 5.75 Å². The first-order valence-corrected chi connectivity index (χ1v) is 6.11. The summed E-state index contributed by atoms with van der Waals surface area (Å²) in [5.74, 6) is 0.000792. The number of H-pyrrole nitrogens is 1. The summed E-state index contributed by atoms with van der Waals surface area (Å²) in [6.07, 6.45) is 0. The maximum Gasteiger partial charge on any atom is 0.333 e. The van der Waals surface area contributed by atoms with Crippen LogP contribution in [0.2, 0.25) is 0 Å². The number of hydrogen-bond acceptors (Lipinski definition) is 3. The molecule has 1 heterocycles. The Labute approximate surface area is 113 Å². The molecule has 100 valence electrons. The molecule has 5 heteroatoms. The molecule has 0 aliphatic carbocycles. The number of hydrogen-bond donors (Lipinski definition) is 2. The summed E-state index contributed by atoms with van der Waals surface area (Å²) in [6, 6.07) is 11.4. The van der Waals surface area contributed by atoms with E-state index >= 15 is 0 Å². The van der Waals surface area contributed by atoms with Crippen LogP contribution in [0, 0.1) is 6.92 Å². The summed E-state index contributed by atoms with van der Waals surface area (Å²) in [5.41, 5.74) is 0.864. The van der Waals surface area contributed by atoms with Gasteiger partial charge in [-0.2, -0.15) is 0 Å². The number of aromatic nitrogens is 2. The molecule has 0 aliphatic heterocycles. The van der Waals surface area contributed by atoms with Crippen LogP contribution in [0.4, 0.5) is 0 Å². The second-order valence-corrected chi connectivity index (χ2v) is 4.64. The summed E-state index contributed by atoms with van der Waals surface area (Å²) in [6.45, 7) is 1.89. The molecule has 20 heavy (non-hydrogen) atoms. The third-order valence-corrected chi connectivity index (χ3v) is 3.14. The Balaban J connectivity index is 2.41. The monoisotopic (exact) mass is 268 g/mol. The SMILES string of the molecule is Cc1cccc(-n2c(=O)[nH]c3cc(O)ccc3c2=O)c1. The average Bonchev–Trinajstić information content (AvgIpc) is 2.38. The van der Waals surface area contributed by atoms with E-state index in [1.165, 1.54) is 18.2 Å². The third kappa shape index (κ3) is 1.89. The van der Waals surface area contributed by atoms with Crippen molar-refractivity contribution < 1.29 is 5.11 Å². The topological polar surface area (TPSA) is 75.1 Å². The molecule has 0 atom stereocenters. The molecule has 0 bridgehead atoms. The lowest BCUT2D eigenvalue weighted by Gasteiger charge is -2.07. The Morgan fingerprint density at radius 1 is 1.10 bits per heavy atom. The molecule has 0 fully saturated rings. The van der Waals surface area contributed by atoms with Crippen LogP contribution in [0.25, 0.3) is 16.6 Å². The normalized spacial score (nSPS) is 10.8. The van der Waals surface area contributed by atoms with Gasteiger partial charge < -0.3 is 10.1 Å². The maximum atomic E-state index is 12.4. The minimum Gasteiger partial charge on any atom is -0.508 e. The Morgan fingerprint density at radius 3 is 2.65 bits per heavy atom. The number of benzene rings is 2. The van der Waals surface area contributed by atoms with Gasteiger partial charge >= 0.3 is 5.69 Å². The maximum absolute atomic E-state index is 12.4. The second-order valence-electron chi connectivity index (χ2n) is 4.64. The van der Waals surface area contributed by atoms with Gasteiger partial charge in [0, 0.05) is 6.07 Å². The Hall–Kier alpha value is -2.82. The van der Waals surface area contributed by atoms with E-state index in [9.17, 15) is 14.7 Å². The van der Waals surface area contributed by atoms with Gasteiger partial charge in [0.15, 0.2) is 0 Å². The van der Waals surface area contributed by atoms with Gasteiger partial charge in [0.2, 0.25) is 0 Å². The van der Waals surface area contributed by atoms with Crippen molar-refractivity contribution in [1.82, 2.24) is 9.55 Å². The summed E-state index contributed by atoms with van der Waals surface area (Å²) in [7, 11) is 0. The fourth-order valence-electron chi connectivity index (χ4n) is 2.21. The van der Waals surface area contributed by atoms with Gasteiger partial charge in [-0.15, -0.1) is 0 Å². The molecule has 1 aromatic heterocycles. The molecule has 2 aromatic carbocycles. The van der Waals surface area contributed by atoms with Gasteiger partial charge in [0.05, 0.1) is 16.6 Å². The molecule has 5 nitrogen and oxygen atoms in total. The van der Waals surface area contributed by atoms with Gasteiger partial charge in [0.1, 0.15) is 5.75 Å². The first-order chi connectivity index (χ1) is 9.56. The van der Waals surface area contributed by atoms with Crippen LogP contribution < -0.4 is 11.2 Å². The number of nitrogens with zero attached hydrogens (tertiary/aromatic N) is 1. The molecule has 3 aromatic rings. The van der Waals surface area contributed by atoms with Gasteiger partial charge in [-0.05, 0) is 36.8 Å². The lowest BCUT2D eigenvalue weighted by atomic mass is 10.2. The van der Waals surface area contributed by atoms with Gasteiger partial charge in [0.25, 0.3) is 5.56 Å². The number of fused-ring (bicyclic) bond motifs is 1. The van der Waals surface area contributed by atoms with Crippen molar-refractivity contribution >= 4 is 10.9 Å². The molecule has 0 saturated heterocycles. The molecule has 2 N–H and O–H groups in total. The van der Waals surface area contributed by atoms with Gasteiger partial charge in [-0.25, -0.2) is 9.36 Å². The fourth-order valence-corrected chi connectivity index (χ4v) is 2.21. The van der Waals surface area contributed by atoms with Gasteiger partial charge in [-0.1, -0.05) is 12.1 Å². The molecule has 0 aliphatic rings. The Morgan fingerprint density at radius 2 is 1.90 bits per heavy atom. The molecule has 0 unspecified atom stereocenters. The molecular weight excluding hydrogens is 256 g/mol. The van der Waals surface area contributed by atoms with E-state index in [0.29, 0.717) is 16.6 Å². The van der Waals surface area contributed by atoms with Crippen molar-refractivity contribution in [1.29, 1.82) is 0 Å². The smallest absolute Gasteiger partial charge is 0.333 e. The highest BCUT2D eigenvalue weighted by Gasteiger charge is 2.09. The van der Waals surface area contributed by atoms with Crippen LogP contribution in [0.3, 0.4) is 0 Å². The highest BCUT2D eigenvalue weighted by atomic mass is 16.3. The zero-order chi connectivity index (χ0) is 14.3. The quantitative estimate of drug-likeness (QED) is 0.705. The van der Waals surface area contributed by atoms with Crippen LogP contribution in [0.1, 0.15) is 5.56 Å². The van der Waals surface area contributed by atoms with E-state index in [4.69, 9.17) is 0 Å². The molecule has 0 saturated carbocycles. The number of aromatic amines is 1. The number of aromatic hydroxyl groups is 1. The van der Waals surface area contributed by atoms with E-state index in [2.05, 4.69) is 4.98 Å². The van der Waals surface area contributed by atoms with Crippen molar-refractivity contribution in [3.63, 3.8) is 0 Å². The first-order valence-electron chi connectivity index (χ1n) is 6.11. The zero-order valence-electron chi connectivity index (χ0n) is 10.8. The van der Waals surface area contributed by atoms with Crippen LogP contribution in [-0.4, -0.2) is 14.7 Å². The van der Waals surface area contributed by atoms with E-state index in [1.54, 1.807) is 18.2 Å². The lowest BCUT2D eigenvalue weighted by molar-refractivity contribution is 0.476. The van der Waals surface area contributed by atoms with Gasteiger partial charge in [-0.3, -0.25) is 4.79 Å². The summed E-state index contributed by atoms with van der Waals surface area (Å²) >= 11 is 0. The van der Waals surface area contributed by atoms with Crippen LogP contribution in [0.15, 0.2) is 52.1 Å². The highest BCUT2D eigenvalue weighted by Crippen LogP contribution is 2.14. The van der Waals surface area contributed by atoms with E-state index in [0.717, 1.165) is 10.1 Å². The number of nitrogens with one attached hydrogen (secondary N) is 1. The summed E-state index contributed by atoms with van der Waals surface area (Å²) in [4.78, 5) is 27.1. The Bertz CT molecular complexity index is 922. The number of rotatable bonds is 1. The number of aryl methyl sites for hydroxylation is 1. The minimum absolute atomic E-state index is 0.000792. The number of phenolic OH excluding ortho intramolecular Hbond substituents is 1. The standard InChI is InChI=1S/C15H12N2O3/c1-9-3-2-4-10(7-9)17-14(19)12-6-5-11(18)8-13(12)16-15(17)20/h2-8,18H,1H3,(H,16,20). The van der Waals surface area contributed by atoms with Crippen LogP contribution in [-0.2, 0) is 0 Å². The van der Waals surface area contributed by atoms with Crippen molar-refractivity contribution in [3.05, 3.63) is 68.9 Å². The van der Waals surface area contributed by atoms with E-state index < -0.39 is 11.2 Å². The average molecular weight is 268 g/mol. The van der Waals surface area contributed by atoms with Crippen LogP contribution >= 0.6 is 0 Å². The fraction of sp³-hybridized carbons (Fsp3) is 0.0667. The summed E-state index contributed by atoms with van der Waals surface area (Å²) in [5, 5.41) is 9.75. The summed E-state index contributed by atoms with van der Waals surface area (Å²) < 4.78 is 1.09. The number of phenols is 1. The third-order valence-electron chi connectivity index (χ3n) is 3.14. The van der Waals surface area contributed by atoms with Crippen molar-refractivity contribution in [2.24, 2.45) is 0 Å². The van der Waals surface area contributed by atoms with Crippen molar-refractivity contribution in [2.45, 2.75) is 6.92 Å². The molecular formula is C15H12N2O3. The molecule has 0 radical (unpaired) electrons. The Kier molecular flexibility index (Phi) is 2.68. The molecule has 0 amide bonds. The van der Waals surface area contributed by atoms with E-state index in [1.807, 2.05) is 13.0 Å². The molecule has 3 rings (SSSR count). The largest absolute Gasteiger partial charge is 0.508 e. The molecule has 0 spiro atoms. The lowest BCUT2D eigenvalue weighted by Crippen LogP contribution is -2.33. The van der Waals surface area contributed by atoms with Crippen molar-refractivity contribution in [2.75, 3.05) is 0 Å². The predicted molar refractivity (Wildman–Crippen MR) is 76.6 cm³/mol. The first kappa shape index (κ1) is 12.2. The highest BCUT2D eigenvalue weighted by molar-refractivity contribution is 5.79. The van der Waals surface area contributed by atoms with E-state index in [-0.39, 0.29) is 5.75 Å². The van der Waals surface area contributed by atoms with Crippen molar-refractivity contribution in [3.8, 4) is 11.4 Å². The predicted octanol–water partition coefficient (Wildman–Crippen LogP) is 1.69. The minimum atomic E-state index is -0.529.